The first kappa shape index (κ1) is 10.4. The van der Waals surface area contributed by atoms with Crippen LogP contribution in [0.2, 0.25) is 0 Å². The standard InChI is InChI=1S/C10H14N6/c1-7-8(5-16(2)15-7)3-13-10-9(11)4-12-6-14-10/h4-6H,3,11H2,1-2H3,(H,12,13,14). The second kappa shape index (κ2) is 4.18. The van der Waals surface area contributed by atoms with Crippen LogP contribution in [0.1, 0.15) is 11.3 Å². The van der Waals surface area contributed by atoms with Crippen molar-refractivity contribution in [2.75, 3.05) is 11.1 Å². The van der Waals surface area contributed by atoms with E-state index < -0.39 is 0 Å². The van der Waals surface area contributed by atoms with Crippen molar-refractivity contribution in [1.29, 1.82) is 0 Å². The van der Waals surface area contributed by atoms with Crippen molar-refractivity contribution in [3.63, 3.8) is 0 Å². The van der Waals surface area contributed by atoms with Crippen LogP contribution in [0.15, 0.2) is 18.7 Å². The predicted octanol–water partition coefficient (Wildman–Crippen LogP) is 0.713. The van der Waals surface area contributed by atoms with Gasteiger partial charge in [-0.25, -0.2) is 9.97 Å². The molecule has 84 valence electrons. The molecule has 0 unspecified atom stereocenters. The Morgan fingerprint density at radius 2 is 2.31 bits per heavy atom. The van der Waals surface area contributed by atoms with Crippen molar-refractivity contribution < 1.29 is 0 Å². The molecule has 2 rings (SSSR count). The maximum Gasteiger partial charge on any atom is 0.152 e. The zero-order valence-corrected chi connectivity index (χ0v) is 9.31. The van der Waals surface area contributed by atoms with Crippen LogP contribution in [-0.2, 0) is 13.6 Å². The summed E-state index contributed by atoms with van der Waals surface area (Å²) in [6.07, 6.45) is 5.01. The summed E-state index contributed by atoms with van der Waals surface area (Å²) in [6, 6.07) is 0. The van der Waals surface area contributed by atoms with Gasteiger partial charge in [0.1, 0.15) is 6.33 Å². The number of aryl methyl sites for hydroxylation is 2. The molecule has 0 bridgehead atoms. The van der Waals surface area contributed by atoms with Crippen molar-refractivity contribution in [2.45, 2.75) is 13.5 Å². The van der Waals surface area contributed by atoms with Gasteiger partial charge in [-0.2, -0.15) is 5.10 Å². The van der Waals surface area contributed by atoms with Crippen LogP contribution in [0.5, 0.6) is 0 Å². The average Bonchev–Trinajstić information content (AvgIpc) is 2.56. The molecule has 0 aromatic carbocycles. The number of rotatable bonds is 3. The van der Waals surface area contributed by atoms with E-state index in [0.29, 0.717) is 18.1 Å². The van der Waals surface area contributed by atoms with Crippen LogP contribution in [0.4, 0.5) is 11.5 Å². The Morgan fingerprint density at radius 1 is 1.50 bits per heavy atom. The number of nitrogens with one attached hydrogen (secondary N) is 1. The Balaban J connectivity index is 2.08. The smallest absolute Gasteiger partial charge is 0.152 e. The molecule has 16 heavy (non-hydrogen) atoms. The van der Waals surface area contributed by atoms with E-state index in [-0.39, 0.29) is 0 Å². The number of nitrogen functional groups attached to an aromatic ring is 1. The van der Waals surface area contributed by atoms with E-state index in [9.17, 15) is 0 Å². The number of anilines is 2. The quantitative estimate of drug-likeness (QED) is 0.793. The lowest BCUT2D eigenvalue weighted by atomic mass is 10.2. The average molecular weight is 218 g/mol. The summed E-state index contributed by atoms with van der Waals surface area (Å²) in [4.78, 5) is 7.88. The fraction of sp³-hybridized carbons (Fsp3) is 0.300. The topological polar surface area (TPSA) is 81.7 Å². The van der Waals surface area contributed by atoms with Crippen molar-refractivity contribution in [1.82, 2.24) is 19.7 Å². The molecule has 0 saturated heterocycles. The molecule has 0 fully saturated rings. The Kier molecular flexibility index (Phi) is 2.72. The first-order chi connectivity index (χ1) is 7.66. The predicted molar refractivity (Wildman–Crippen MR) is 61.7 cm³/mol. The van der Waals surface area contributed by atoms with Gasteiger partial charge in [0.25, 0.3) is 0 Å². The number of aromatic nitrogens is 4. The minimum absolute atomic E-state index is 0.545. The highest BCUT2D eigenvalue weighted by atomic mass is 15.3. The molecule has 6 nitrogen and oxygen atoms in total. The first-order valence-electron chi connectivity index (χ1n) is 4.95. The lowest BCUT2D eigenvalue weighted by molar-refractivity contribution is 0.756. The molecule has 2 aromatic rings. The minimum atomic E-state index is 0.545. The molecular weight excluding hydrogens is 204 g/mol. The monoisotopic (exact) mass is 218 g/mol. The molecule has 3 N–H and O–H groups in total. The van der Waals surface area contributed by atoms with Gasteiger partial charge in [-0.15, -0.1) is 0 Å². The third-order valence-corrected chi connectivity index (χ3v) is 2.30. The fourth-order valence-electron chi connectivity index (χ4n) is 1.49. The SMILES string of the molecule is Cc1nn(C)cc1CNc1ncncc1N. The van der Waals surface area contributed by atoms with Gasteiger partial charge in [-0.1, -0.05) is 0 Å². The Labute approximate surface area is 93.5 Å². The summed E-state index contributed by atoms with van der Waals surface area (Å²) in [5.74, 6) is 0.651. The molecule has 2 heterocycles. The van der Waals surface area contributed by atoms with E-state index in [1.165, 1.54) is 6.33 Å². The van der Waals surface area contributed by atoms with E-state index in [0.717, 1.165) is 11.3 Å². The van der Waals surface area contributed by atoms with Gasteiger partial charge in [0.05, 0.1) is 17.6 Å². The van der Waals surface area contributed by atoms with Crippen molar-refractivity contribution in [3.8, 4) is 0 Å². The van der Waals surface area contributed by atoms with Gasteiger partial charge in [0.2, 0.25) is 0 Å². The van der Waals surface area contributed by atoms with Crippen LogP contribution in [0.25, 0.3) is 0 Å². The number of nitrogens with two attached hydrogens (primary N) is 1. The summed E-state index contributed by atoms with van der Waals surface area (Å²) < 4.78 is 1.79. The highest BCUT2D eigenvalue weighted by Crippen LogP contribution is 2.13. The molecule has 0 saturated carbocycles. The Morgan fingerprint density at radius 3 is 2.94 bits per heavy atom. The summed E-state index contributed by atoms with van der Waals surface area (Å²) in [5, 5.41) is 7.41. The van der Waals surface area contributed by atoms with Crippen molar-refractivity contribution in [3.05, 3.63) is 30.0 Å². The molecular formula is C10H14N6. The third kappa shape index (κ3) is 2.10. The van der Waals surface area contributed by atoms with E-state index in [2.05, 4.69) is 20.4 Å². The van der Waals surface area contributed by atoms with E-state index in [4.69, 9.17) is 5.73 Å². The summed E-state index contributed by atoms with van der Waals surface area (Å²) in [5.41, 5.74) is 8.39. The lowest BCUT2D eigenvalue weighted by Crippen LogP contribution is -2.05. The highest BCUT2D eigenvalue weighted by Gasteiger charge is 2.04. The maximum atomic E-state index is 5.72. The molecule has 0 aliphatic heterocycles. The summed E-state index contributed by atoms with van der Waals surface area (Å²) >= 11 is 0. The van der Waals surface area contributed by atoms with Crippen molar-refractivity contribution in [2.24, 2.45) is 7.05 Å². The maximum absolute atomic E-state index is 5.72. The lowest BCUT2D eigenvalue weighted by Gasteiger charge is -2.06. The van der Waals surface area contributed by atoms with Gasteiger partial charge in [0.15, 0.2) is 5.82 Å². The van der Waals surface area contributed by atoms with Gasteiger partial charge in [-0.05, 0) is 6.92 Å². The normalized spacial score (nSPS) is 10.4. The number of nitrogens with zero attached hydrogens (tertiary/aromatic N) is 4. The zero-order chi connectivity index (χ0) is 11.5. The largest absolute Gasteiger partial charge is 0.394 e. The molecule has 0 spiro atoms. The summed E-state index contributed by atoms with van der Waals surface area (Å²) in [6.45, 7) is 2.63. The molecule has 0 aliphatic carbocycles. The van der Waals surface area contributed by atoms with E-state index >= 15 is 0 Å². The minimum Gasteiger partial charge on any atom is -0.394 e. The van der Waals surface area contributed by atoms with E-state index in [1.807, 2.05) is 20.2 Å². The first-order valence-corrected chi connectivity index (χ1v) is 4.95. The van der Waals surface area contributed by atoms with Gasteiger partial charge < -0.3 is 11.1 Å². The highest BCUT2D eigenvalue weighted by molar-refractivity contribution is 5.59. The van der Waals surface area contributed by atoms with Crippen LogP contribution in [0, 0.1) is 6.92 Å². The van der Waals surface area contributed by atoms with Crippen LogP contribution in [0.3, 0.4) is 0 Å². The number of hydrogen-bond acceptors (Lipinski definition) is 5. The zero-order valence-electron chi connectivity index (χ0n) is 9.31. The molecule has 2 aromatic heterocycles. The van der Waals surface area contributed by atoms with Crippen molar-refractivity contribution >= 4 is 11.5 Å². The number of hydrogen-bond donors (Lipinski definition) is 2. The van der Waals surface area contributed by atoms with Gasteiger partial charge >= 0.3 is 0 Å². The second-order valence-electron chi connectivity index (χ2n) is 3.59. The molecule has 6 heteroatoms. The third-order valence-electron chi connectivity index (χ3n) is 2.30. The summed E-state index contributed by atoms with van der Waals surface area (Å²) in [7, 11) is 1.90. The Bertz CT molecular complexity index is 490. The second-order valence-corrected chi connectivity index (χ2v) is 3.59. The van der Waals surface area contributed by atoms with Gasteiger partial charge in [-0.3, -0.25) is 4.68 Å². The Hall–Kier alpha value is -2.11. The fourth-order valence-corrected chi connectivity index (χ4v) is 1.49. The molecule has 0 amide bonds. The van der Waals surface area contributed by atoms with Gasteiger partial charge in [0, 0.05) is 25.4 Å². The molecule has 0 radical (unpaired) electrons. The van der Waals surface area contributed by atoms with Crippen LogP contribution >= 0.6 is 0 Å². The molecule has 0 atom stereocenters. The van der Waals surface area contributed by atoms with Crippen LogP contribution in [-0.4, -0.2) is 19.7 Å². The van der Waals surface area contributed by atoms with E-state index in [1.54, 1.807) is 10.9 Å². The molecule has 0 aliphatic rings. The van der Waals surface area contributed by atoms with Crippen LogP contribution < -0.4 is 11.1 Å².